The minimum absolute atomic E-state index is 0.0485. The summed E-state index contributed by atoms with van der Waals surface area (Å²) in [7, 11) is 0. The molecular weight excluding hydrogens is 336 g/mol. The number of hydrogen-bond donors (Lipinski definition) is 0. The third-order valence-corrected chi connectivity index (χ3v) is 4.90. The van der Waals surface area contributed by atoms with Crippen LogP contribution in [0, 0.1) is 0 Å². The van der Waals surface area contributed by atoms with E-state index in [0.29, 0.717) is 17.9 Å². The molecule has 0 N–H and O–H groups in total. The molecule has 27 heavy (non-hydrogen) atoms. The van der Waals surface area contributed by atoms with Gasteiger partial charge in [-0.3, -0.25) is 4.79 Å². The molecule has 1 aliphatic heterocycles. The number of carbonyl (C=O) groups excluding carboxylic acids is 1. The highest BCUT2D eigenvalue weighted by atomic mass is 16.7. The topological polar surface area (TPSA) is 35.5 Å². The maximum atomic E-state index is 12.3. The molecule has 0 aromatic carbocycles. The van der Waals surface area contributed by atoms with E-state index in [9.17, 15) is 4.79 Å². The summed E-state index contributed by atoms with van der Waals surface area (Å²) in [5, 5.41) is 0. The van der Waals surface area contributed by atoms with Crippen molar-refractivity contribution in [2.75, 3.05) is 0 Å². The molecule has 2 atom stereocenters. The molecule has 3 heteroatoms. The van der Waals surface area contributed by atoms with Gasteiger partial charge in [0, 0.05) is 6.42 Å². The first-order chi connectivity index (χ1) is 12.7. The molecule has 0 radical (unpaired) electrons. The van der Waals surface area contributed by atoms with Gasteiger partial charge in [0.05, 0.1) is 11.7 Å². The van der Waals surface area contributed by atoms with Crippen LogP contribution in [-0.4, -0.2) is 18.0 Å². The lowest BCUT2D eigenvalue weighted by Crippen LogP contribution is -2.17. The number of rotatable bonds is 11. The van der Waals surface area contributed by atoms with Gasteiger partial charge in [-0.2, -0.15) is 0 Å². The lowest BCUT2D eigenvalue weighted by atomic mass is 10.0. The second-order valence-electron chi connectivity index (χ2n) is 7.92. The first-order valence-electron chi connectivity index (χ1n) is 10.3. The molecule has 1 aliphatic rings. The van der Waals surface area contributed by atoms with Crippen LogP contribution in [0.5, 0.6) is 0 Å². The van der Waals surface area contributed by atoms with Crippen LogP contribution in [0.4, 0.5) is 0 Å². The van der Waals surface area contributed by atoms with Crippen LogP contribution in [-0.2, 0) is 14.3 Å². The monoisotopic (exact) mass is 374 g/mol. The fourth-order valence-corrected chi connectivity index (χ4v) is 2.80. The molecule has 0 saturated heterocycles. The average molecular weight is 375 g/mol. The van der Waals surface area contributed by atoms with Gasteiger partial charge in [0.2, 0.25) is 5.78 Å². The minimum atomic E-state index is -0.430. The predicted octanol–water partition coefficient (Wildman–Crippen LogP) is 6.81. The number of allylic oxidation sites excluding steroid dienone is 5. The van der Waals surface area contributed by atoms with Gasteiger partial charge in [-0.1, -0.05) is 41.9 Å². The molecule has 2 unspecified atom stereocenters. The summed E-state index contributed by atoms with van der Waals surface area (Å²) in [5.41, 5.74) is 4.74. The Morgan fingerprint density at radius 1 is 1.07 bits per heavy atom. The molecule has 0 aliphatic carbocycles. The van der Waals surface area contributed by atoms with Crippen LogP contribution in [0.1, 0.15) is 87.0 Å². The first kappa shape index (κ1) is 23.3. The normalized spacial score (nSPS) is 19.2. The smallest absolute Gasteiger partial charge is 0.286 e. The summed E-state index contributed by atoms with van der Waals surface area (Å²) in [4.78, 5) is 12.3. The van der Waals surface area contributed by atoms with Crippen molar-refractivity contribution in [3.05, 3.63) is 46.5 Å². The van der Waals surface area contributed by atoms with Gasteiger partial charge >= 0.3 is 0 Å². The number of ketones is 1. The van der Waals surface area contributed by atoms with Crippen LogP contribution in [0.15, 0.2) is 46.5 Å². The third kappa shape index (κ3) is 8.64. The van der Waals surface area contributed by atoms with Crippen molar-refractivity contribution in [1.29, 1.82) is 0 Å². The van der Waals surface area contributed by atoms with E-state index in [1.165, 1.54) is 16.7 Å². The van der Waals surface area contributed by atoms with E-state index in [1.807, 2.05) is 6.92 Å². The lowest BCUT2D eigenvalue weighted by Gasteiger charge is -2.15. The highest BCUT2D eigenvalue weighted by Crippen LogP contribution is 2.26. The largest absolute Gasteiger partial charge is 0.462 e. The van der Waals surface area contributed by atoms with Gasteiger partial charge in [0.25, 0.3) is 5.95 Å². The quantitative estimate of drug-likeness (QED) is 0.373. The molecule has 0 aromatic heterocycles. The van der Waals surface area contributed by atoms with E-state index in [0.717, 1.165) is 32.1 Å². The number of ether oxygens (including phenoxy) is 2. The fraction of sp³-hybridized carbons (Fsp3) is 0.625. The molecular formula is C24H38O3. The van der Waals surface area contributed by atoms with Crippen LogP contribution in [0.3, 0.4) is 0 Å². The predicted molar refractivity (Wildman–Crippen MR) is 113 cm³/mol. The van der Waals surface area contributed by atoms with E-state index >= 15 is 0 Å². The molecule has 0 aromatic rings. The Labute approximate surface area is 166 Å². The Morgan fingerprint density at radius 3 is 2.26 bits per heavy atom. The Bertz CT molecular complexity index is 616. The molecule has 3 nitrogen and oxygen atoms in total. The summed E-state index contributed by atoms with van der Waals surface area (Å²) in [6.07, 6.45) is 12.2. The number of carbonyl (C=O) groups is 1. The lowest BCUT2D eigenvalue weighted by molar-refractivity contribution is -0.122. The van der Waals surface area contributed by atoms with E-state index in [-0.39, 0.29) is 11.9 Å². The SMILES string of the molecule is CCC(C)OC1=C(C)C(=O)C(CC=C(C)CCC=C(C)CCC=C(C)C)O1. The Balaban J connectivity index is 2.42. The van der Waals surface area contributed by atoms with Gasteiger partial charge in [-0.05, 0) is 73.6 Å². The Morgan fingerprint density at radius 2 is 1.67 bits per heavy atom. The van der Waals surface area contributed by atoms with Gasteiger partial charge in [-0.15, -0.1) is 0 Å². The second kappa shape index (κ2) is 11.8. The standard InChI is InChI=1S/C24H38O3/c1-8-20(6)26-24-21(7)23(25)22(27-24)16-15-19(5)14-10-13-18(4)12-9-11-17(2)3/h11,13,15,20,22H,8-10,12,14,16H2,1-7H3. The van der Waals surface area contributed by atoms with Gasteiger partial charge in [-0.25, -0.2) is 0 Å². The maximum absolute atomic E-state index is 12.3. The average Bonchev–Trinajstić information content (AvgIpc) is 2.87. The van der Waals surface area contributed by atoms with E-state index in [1.54, 1.807) is 6.92 Å². The van der Waals surface area contributed by atoms with Crippen LogP contribution in [0.2, 0.25) is 0 Å². The van der Waals surface area contributed by atoms with Gasteiger partial charge < -0.3 is 9.47 Å². The van der Waals surface area contributed by atoms with Crippen molar-refractivity contribution in [3.63, 3.8) is 0 Å². The highest BCUT2D eigenvalue weighted by Gasteiger charge is 2.33. The minimum Gasteiger partial charge on any atom is -0.462 e. The fourth-order valence-electron chi connectivity index (χ4n) is 2.80. The molecule has 0 saturated carbocycles. The third-order valence-electron chi connectivity index (χ3n) is 4.90. The highest BCUT2D eigenvalue weighted by molar-refractivity contribution is 6.00. The van der Waals surface area contributed by atoms with Crippen molar-refractivity contribution in [3.8, 4) is 0 Å². The van der Waals surface area contributed by atoms with Crippen molar-refractivity contribution in [1.82, 2.24) is 0 Å². The number of hydrogen-bond acceptors (Lipinski definition) is 3. The maximum Gasteiger partial charge on any atom is 0.286 e. The summed E-state index contributed by atoms with van der Waals surface area (Å²) in [5.74, 6) is 0.465. The van der Waals surface area contributed by atoms with Crippen molar-refractivity contribution < 1.29 is 14.3 Å². The molecule has 152 valence electrons. The zero-order chi connectivity index (χ0) is 20.4. The summed E-state index contributed by atoms with van der Waals surface area (Å²) in [6.45, 7) is 14.4. The van der Waals surface area contributed by atoms with Crippen molar-refractivity contribution in [2.24, 2.45) is 0 Å². The number of Topliss-reactive ketones (excluding diaryl/α,β-unsaturated/α-hetero) is 1. The molecule has 1 heterocycles. The molecule has 0 bridgehead atoms. The van der Waals surface area contributed by atoms with Crippen molar-refractivity contribution >= 4 is 5.78 Å². The zero-order valence-electron chi connectivity index (χ0n) is 18.4. The van der Waals surface area contributed by atoms with Crippen molar-refractivity contribution in [2.45, 2.75) is 99.2 Å². The first-order valence-corrected chi connectivity index (χ1v) is 10.3. The van der Waals surface area contributed by atoms with E-state index in [4.69, 9.17) is 9.47 Å². The summed E-state index contributed by atoms with van der Waals surface area (Å²) < 4.78 is 11.5. The van der Waals surface area contributed by atoms with Gasteiger partial charge in [0.1, 0.15) is 0 Å². The van der Waals surface area contributed by atoms with Crippen LogP contribution < -0.4 is 0 Å². The van der Waals surface area contributed by atoms with Gasteiger partial charge in [0.15, 0.2) is 6.10 Å². The van der Waals surface area contributed by atoms with Crippen LogP contribution >= 0.6 is 0 Å². The Kier molecular flexibility index (Phi) is 10.2. The zero-order valence-corrected chi connectivity index (χ0v) is 18.4. The Hall–Kier alpha value is -1.77. The summed E-state index contributed by atoms with van der Waals surface area (Å²) in [6, 6.07) is 0. The summed E-state index contributed by atoms with van der Waals surface area (Å²) >= 11 is 0. The molecule has 0 amide bonds. The molecule has 0 fully saturated rings. The molecule has 1 rings (SSSR count). The van der Waals surface area contributed by atoms with Crippen LogP contribution in [0.25, 0.3) is 0 Å². The van der Waals surface area contributed by atoms with E-state index < -0.39 is 6.10 Å². The molecule has 0 spiro atoms. The second-order valence-corrected chi connectivity index (χ2v) is 7.92. The van der Waals surface area contributed by atoms with E-state index in [2.05, 4.69) is 52.8 Å².